The highest BCUT2D eigenvalue weighted by Gasteiger charge is 2.23. The lowest BCUT2D eigenvalue weighted by molar-refractivity contribution is 0.198. The lowest BCUT2D eigenvalue weighted by Gasteiger charge is -2.33. The molecular formula is C21H35N5. The number of likely N-dealkylation sites (tertiary alicyclic amines) is 2. The van der Waals surface area contributed by atoms with Crippen LogP contribution in [0, 0.1) is 5.92 Å². The molecule has 1 aromatic rings. The third kappa shape index (κ3) is 5.71. The van der Waals surface area contributed by atoms with Gasteiger partial charge in [0.15, 0.2) is 5.96 Å². The van der Waals surface area contributed by atoms with Gasteiger partial charge in [0.05, 0.1) is 0 Å². The number of rotatable bonds is 6. The molecule has 2 aliphatic heterocycles. The highest BCUT2D eigenvalue weighted by atomic mass is 15.2. The Balaban J connectivity index is 1.36. The maximum Gasteiger partial charge on any atom is 0.191 e. The molecule has 0 saturated carbocycles. The smallest absolute Gasteiger partial charge is 0.191 e. The van der Waals surface area contributed by atoms with Gasteiger partial charge in [-0.2, -0.15) is 0 Å². The molecule has 0 spiro atoms. The zero-order chi connectivity index (χ0) is 18.2. The SMILES string of the molecule is CCN1CCC(CNC(=NC)NC2CCN(Cc3ccccc3)CC2)C1. The molecule has 0 aromatic heterocycles. The molecular weight excluding hydrogens is 322 g/mol. The van der Waals surface area contributed by atoms with Gasteiger partial charge in [0.1, 0.15) is 0 Å². The van der Waals surface area contributed by atoms with Gasteiger partial charge in [-0.05, 0) is 43.8 Å². The lowest BCUT2D eigenvalue weighted by Crippen LogP contribution is -2.49. The summed E-state index contributed by atoms with van der Waals surface area (Å²) < 4.78 is 0. The zero-order valence-corrected chi connectivity index (χ0v) is 16.5. The van der Waals surface area contributed by atoms with Crippen molar-refractivity contribution in [3.8, 4) is 0 Å². The van der Waals surface area contributed by atoms with Gasteiger partial charge < -0.3 is 15.5 Å². The molecule has 1 aromatic carbocycles. The van der Waals surface area contributed by atoms with Crippen LogP contribution in [0.1, 0.15) is 31.7 Å². The summed E-state index contributed by atoms with van der Waals surface area (Å²) in [4.78, 5) is 9.53. The molecule has 144 valence electrons. The Kier molecular flexibility index (Phi) is 7.32. The van der Waals surface area contributed by atoms with E-state index >= 15 is 0 Å². The van der Waals surface area contributed by atoms with E-state index in [1.54, 1.807) is 0 Å². The van der Waals surface area contributed by atoms with Gasteiger partial charge in [-0.3, -0.25) is 9.89 Å². The number of piperidine rings is 1. The van der Waals surface area contributed by atoms with Gasteiger partial charge in [-0.25, -0.2) is 0 Å². The number of hydrogen-bond donors (Lipinski definition) is 2. The Bertz CT molecular complexity index is 551. The minimum absolute atomic E-state index is 0.531. The molecule has 1 unspecified atom stereocenters. The Labute approximate surface area is 158 Å². The Morgan fingerprint density at radius 3 is 2.46 bits per heavy atom. The van der Waals surface area contributed by atoms with Gasteiger partial charge in [0.25, 0.3) is 0 Å². The van der Waals surface area contributed by atoms with Crippen LogP contribution in [-0.4, -0.2) is 68.1 Å². The second kappa shape index (κ2) is 9.93. The normalized spacial score (nSPS) is 23.3. The van der Waals surface area contributed by atoms with E-state index in [9.17, 15) is 0 Å². The van der Waals surface area contributed by atoms with E-state index in [2.05, 4.69) is 62.7 Å². The molecule has 3 rings (SSSR count). The molecule has 1 atom stereocenters. The quantitative estimate of drug-likeness (QED) is 0.605. The standard InChI is InChI=1S/C21H35N5/c1-3-25-12-9-19(17-25)15-23-21(22-2)24-20-10-13-26(14-11-20)16-18-7-5-4-6-8-18/h4-8,19-20H,3,9-17H2,1-2H3,(H2,22,23,24). The summed E-state index contributed by atoms with van der Waals surface area (Å²) in [5.74, 6) is 1.72. The lowest BCUT2D eigenvalue weighted by atomic mass is 10.0. The van der Waals surface area contributed by atoms with Crippen molar-refractivity contribution in [1.29, 1.82) is 0 Å². The van der Waals surface area contributed by atoms with E-state index in [-0.39, 0.29) is 0 Å². The fourth-order valence-electron chi connectivity index (χ4n) is 4.07. The average molecular weight is 358 g/mol. The maximum absolute atomic E-state index is 4.44. The Morgan fingerprint density at radius 1 is 1.08 bits per heavy atom. The number of hydrogen-bond acceptors (Lipinski definition) is 3. The largest absolute Gasteiger partial charge is 0.356 e. The molecule has 0 radical (unpaired) electrons. The van der Waals surface area contributed by atoms with Crippen LogP contribution in [0.2, 0.25) is 0 Å². The summed E-state index contributed by atoms with van der Waals surface area (Å²) in [6, 6.07) is 11.3. The van der Waals surface area contributed by atoms with E-state index < -0.39 is 0 Å². The molecule has 2 saturated heterocycles. The van der Waals surface area contributed by atoms with Crippen LogP contribution in [0.15, 0.2) is 35.3 Å². The highest BCUT2D eigenvalue weighted by molar-refractivity contribution is 5.79. The van der Waals surface area contributed by atoms with Crippen molar-refractivity contribution in [1.82, 2.24) is 20.4 Å². The number of nitrogens with one attached hydrogen (secondary N) is 2. The van der Waals surface area contributed by atoms with Gasteiger partial charge in [0, 0.05) is 45.8 Å². The van der Waals surface area contributed by atoms with E-state index in [0.717, 1.165) is 38.1 Å². The molecule has 2 aliphatic rings. The number of aliphatic imine (C=N–C) groups is 1. The predicted octanol–water partition coefficient (Wildman–Crippen LogP) is 2.16. The topological polar surface area (TPSA) is 42.9 Å². The van der Waals surface area contributed by atoms with E-state index in [1.807, 2.05) is 7.05 Å². The summed E-state index contributed by atoms with van der Waals surface area (Å²) in [6.45, 7) is 10.3. The summed E-state index contributed by atoms with van der Waals surface area (Å²) in [6.07, 6.45) is 3.66. The second-order valence-electron chi connectivity index (χ2n) is 7.68. The van der Waals surface area contributed by atoms with Crippen LogP contribution in [0.25, 0.3) is 0 Å². The molecule has 2 N–H and O–H groups in total. The van der Waals surface area contributed by atoms with Crippen molar-refractivity contribution in [2.24, 2.45) is 10.9 Å². The summed E-state index contributed by atoms with van der Waals surface area (Å²) in [5, 5.41) is 7.19. The van der Waals surface area contributed by atoms with Crippen molar-refractivity contribution in [2.45, 2.75) is 38.8 Å². The van der Waals surface area contributed by atoms with Gasteiger partial charge in [0.2, 0.25) is 0 Å². The van der Waals surface area contributed by atoms with Crippen LogP contribution in [-0.2, 0) is 6.54 Å². The van der Waals surface area contributed by atoms with Gasteiger partial charge in [-0.1, -0.05) is 37.3 Å². The van der Waals surface area contributed by atoms with Crippen molar-refractivity contribution < 1.29 is 0 Å². The summed E-state index contributed by atoms with van der Waals surface area (Å²) >= 11 is 0. The first-order valence-electron chi connectivity index (χ1n) is 10.2. The summed E-state index contributed by atoms with van der Waals surface area (Å²) in [7, 11) is 1.88. The van der Waals surface area contributed by atoms with E-state index in [4.69, 9.17) is 0 Å². The molecule has 2 fully saturated rings. The van der Waals surface area contributed by atoms with Crippen LogP contribution < -0.4 is 10.6 Å². The van der Waals surface area contributed by atoms with Crippen molar-refractivity contribution in [3.05, 3.63) is 35.9 Å². The molecule has 2 heterocycles. The number of guanidine groups is 1. The number of benzene rings is 1. The second-order valence-corrected chi connectivity index (χ2v) is 7.68. The fraction of sp³-hybridized carbons (Fsp3) is 0.667. The van der Waals surface area contributed by atoms with Crippen molar-refractivity contribution in [3.63, 3.8) is 0 Å². The fourth-order valence-corrected chi connectivity index (χ4v) is 4.07. The first-order chi connectivity index (χ1) is 12.8. The van der Waals surface area contributed by atoms with Gasteiger partial charge >= 0.3 is 0 Å². The first-order valence-corrected chi connectivity index (χ1v) is 10.2. The average Bonchev–Trinajstić information content (AvgIpc) is 3.15. The van der Waals surface area contributed by atoms with E-state index in [1.165, 1.54) is 44.5 Å². The van der Waals surface area contributed by atoms with Crippen molar-refractivity contribution in [2.75, 3.05) is 46.3 Å². The zero-order valence-electron chi connectivity index (χ0n) is 16.5. The predicted molar refractivity (Wildman–Crippen MR) is 109 cm³/mol. The van der Waals surface area contributed by atoms with E-state index in [0.29, 0.717) is 6.04 Å². The molecule has 0 aliphatic carbocycles. The van der Waals surface area contributed by atoms with Crippen LogP contribution in [0.3, 0.4) is 0 Å². The highest BCUT2D eigenvalue weighted by Crippen LogP contribution is 2.15. The first kappa shape index (κ1) is 19.2. The molecule has 0 bridgehead atoms. The minimum atomic E-state index is 0.531. The number of nitrogens with zero attached hydrogens (tertiary/aromatic N) is 3. The van der Waals surface area contributed by atoms with Crippen LogP contribution in [0.4, 0.5) is 0 Å². The molecule has 5 nitrogen and oxygen atoms in total. The molecule has 26 heavy (non-hydrogen) atoms. The summed E-state index contributed by atoms with van der Waals surface area (Å²) in [5.41, 5.74) is 1.41. The maximum atomic E-state index is 4.44. The third-order valence-corrected chi connectivity index (χ3v) is 5.78. The minimum Gasteiger partial charge on any atom is -0.356 e. The Hall–Kier alpha value is -1.59. The van der Waals surface area contributed by atoms with Crippen molar-refractivity contribution >= 4 is 5.96 Å². The Morgan fingerprint density at radius 2 is 1.81 bits per heavy atom. The molecule has 0 amide bonds. The monoisotopic (exact) mass is 357 g/mol. The molecule has 5 heteroatoms. The van der Waals surface area contributed by atoms with Gasteiger partial charge in [-0.15, -0.1) is 0 Å². The third-order valence-electron chi connectivity index (χ3n) is 5.78. The van der Waals surface area contributed by atoms with Crippen LogP contribution >= 0.6 is 0 Å². The van der Waals surface area contributed by atoms with Crippen LogP contribution in [0.5, 0.6) is 0 Å².